The Bertz CT molecular complexity index is 619. The monoisotopic (exact) mass is 380 g/mol. The highest BCUT2D eigenvalue weighted by Crippen LogP contribution is 2.11. The second kappa shape index (κ2) is 11.6. The Labute approximate surface area is 159 Å². The lowest BCUT2D eigenvalue weighted by Crippen LogP contribution is -2.37. The van der Waals surface area contributed by atoms with Gasteiger partial charge in [-0.15, -0.1) is 11.8 Å². The van der Waals surface area contributed by atoms with Crippen LogP contribution in [0.2, 0.25) is 0 Å². The lowest BCUT2D eigenvalue weighted by Gasteiger charge is -2.24. The van der Waals surface area contributed by atoms with Gasteiger partial charge in [0.15, 0.2) is 0 Å². The smallest absolute Gasteiger partial charge is 0.307 e. The average Bonchev–Trinajstić information content (AvgIpc) is 2.57. The second-order valence-electron chi connectivity index (χ2n) is 6.47. The van der Waals surface area contributed by atoms with Crippen molar-refractivity contribution < 1.29 is 19.1 Å². The molecule has 0 atom stereocenters. The molecule has 0 aliphatic rings. The van der Waals surface area contributed by atoms with E-state index in [-0.39, 0.29) is 35.7 Å². The van der Waals surface area contributed by atoms with Gasteiger partial charge in [0, 0.05) is 18.8 Å². The van der Waals surface area contributed by atoms with E-state index in [2.05, 4.69) is 10.1 Å². The van der Waals surface area contributed by atoms with Crippen LogP contribution in [-0.4, -0.2) is 54.4 Å². The molecule has 0 saturated heterocycles. The zero-order valence-electron chi connectivity index (χ0n) is 15.9. The van der Waals surface area contributed by atoms with E-state index in [1.54, 1.807) is 4.90 Å². The van der Waals surface area contributed by atoms with Crippen molar-refractivity contribution in [2.24, 2.45) is 5.92 Å². The van der Waals surface area contributed by atoms with Crippen molar-refractivity contribution >= 4 is 35.2 Å². The summed E-state index contributed by atoms with van der Waals surface area (Å²) in [6.07, 6.45) is 0.174. The van der Waals surface area contributed by atoms with E-state index >= 15 is 0 Å². The minimum atomic E-state index is -0.336. The molecule has 1 aromatic rings. The van der Waals surface area contributed by atoms with Gasteiger partial charge in [-0.05, 0) is 30.5 Å². The van der Waals surface area contributed by atoms with Gasteiger partial charge in [-0.2, -0.15) is 0 Å². The molecule has 1 N–H and O–H groups in total. The minimum absolute atomic E-state index is 0.0732. The Balaban J connectivity index is 2.42. The fourth-order valence-corrected chi connectivity index (χ4v) is 3.05. The van der Waals surface area contributed by atoms with Gasteiger partial charge in [0.1, 0.15) is 0 Å². The third-order valence-electron chi connectivity index (χ3n) is 3.51. The SMILES string of the molecule is COC(=O)CCN(CC(C)C)C(=O)CSCC(=O)Nc1cccc(C)c1. The summed E-state index contributed by atoms with van der Waals surface area (Å²) in [5.74, 6) is 0.152. The highest BCUT2D eigenvalue weighted by Gasteiger charge is 2.17. The molecular formula is C19H28N2O4S. The number of carbonyl (C=O) groups is 3. The standard InChI is InChI=1S/C19H28N2O4S/c1-14(2)11-21(9-8-19(24)25-4)18(23)13-26-12-17(22)20-16-7-5-6-15(3)10-16/h5-7,10,14H,8-9,11-13H2,1-4H3,(H,20,22). The van der Waals surface area contributed by atoms with E-state index in [4.69, 9.17) is 0 Å². The Kier molecular flexibility index (Phi) is 9.80. The maximum atomic E-state index is 12.4. The van der Waals surface area contributed by atoms with E-state index < -0.39 is 0 Å². The highest BCUT2D eigenvalue weighted by molar-refractivity contribution is 8.00. The largest absolute Gasteiger partial charge is 0.469 e. The summed E-state index contributed by atoms with van der Waals surface area (Å²) in [6.45, 7) is 6.90. The van der Waals surface area contributed by atoms with E-state index in [1.807, 2.05) is 45.0 Å². The van der Waals surface area contributed by atoms with Crippen LogP contribution in [0, 0.1) is 12.8 Å². The minimum Gasteiger partial charge on any atom is -0.469 e. The maximum Gasteiger partial charge on any atom is 0.307 e. The molecule has 0 aromatic heterocycles. The number of ether oxygens (including phenoxy) is 1. The summed E-state index contributed by atoms with van der Waals surface area (Å²) in [5.41, 5.74) is 1.82. The summed E-state index contributed by atoms with van der Waals surface area (Å²) in [7, 11) is 1.33. The molecule has 0 aliphatic heterocycles. The van der Waals surface area contributed by atoms with Crippen molar-refractivity contribution in [1.29, 1.82) is 0 Å². The van der Waals surface area contributed by atoms with Crippen molar-refractivity contribution in [3.8, 4) is 0 Å². The number of thioether (sulfide) groups is 1. The van der Waals surface area contributed by atoms with Gasteiger partial charge in [0.25, 0.3) is 0 Å². The van der Waals surface area contributed by atoms with Gasteiger partial charge in [-0.1, -0.05) is 26.0 Å². The predicted molar refractivity (Wildman–Crippen MR) is 105 cm³/mol. The maximum absolute atomic E-state index is 12.4. The molecule has 1 aromatic carbocycles. The van der Waals surface area contributed by atoms with Crippen LogP contribution in [0.5, 0.6) is 0 Å². The summed E-state index contributed by atoms with van der Waals surface area (Å²) in [4.78, 5) is 37.3. The van der Waals surface area contributed by atoms with E-state index in [0.29, 0.717) is 19.0 Å². The number of carbonyl (C=O) groups excluding carboxylic acids is 3. The molecule has 0 heterocycles. The lowest BCUT2D eigenvalue weighted by atomic mass is 10.2. The molecular weight excluding hydrogens is 352 g/mol. The number of esters is 1. The van der Waals surface area contributed by atoms with Crippen LogP contribution in [0.3, 0.4) is 0 Å². The number of hydrogen-bond acceptors (Lipinski definition) is 5. The zero-order chi connectivity index (χ0) is 19.5. The first-order valence-corrected chi connectivity index (χ1v) is 9.76. The van der Waals surface area contributed by atoms with Crippen LogP contribution in [0.25, 0.3) is 0 Å². The molecule has 1 rings (SSSR count). The second-order valence-corrected chi connectivity index (χ2v) is 7.46. The summed E-state index contributed by atoms with van der Waals surface area (Å²) >= 11 is 1.27. The summed E-state index contributed by atoms with van der Waals surface area (Å²) < 4.78 is 4.63. The number of nitrogens with zero attached hydrogens (tertiary/aromatic N) is 1. The molecule has 0 bridgehead atoms. The van der Waals surface area contributed by atoms with E-state index in [1.165, 1.54) is 18.9 Å². The predicted octanol–water partition coefficient (Wildman–Crippen LogP) is 2.71. The molecule has 0 spiro atoms. The quantitative estimate of drug-likeness (QED) is 0.632. The van der Waals surface area contributed by atoms with Gasteiger partial charge in [0.05, 0.1) is 25.0 Å². The molecule has 2 amide bonds. The molecule has 144 valence electrons. The number of aryl methyl sites for hydroxylation is 1. The third-order valence-corrected chi connectivity index (χ3v) is 4.43. The third kappa shape index (κ3) is 8.89. The first kappa shape index (κ1) is 22.0. The first-order chi connectivity index (χ1) is 12.3. The van der Waals surface area contributed by atoms with Crippen molar-refractivity contribution in [2.75, 3.05) is 37.0 Å². The lowest BCUT2D eigenvalue weighted by molar-refractivity contribution is -0.141. The van der Waals surface area contributed by atoms with Crippen molar-refractivity contribution in [3.63, 3.8) is 0 Å². The van der Waals surface area contributed by atoms with Gasteiger partial charge >= 0.3 is 5.97 Å². The Morgan fingerprint density at radius 1 is 1.23 bits per heavy atom. The van der Waals surface area contributed by atoms with Crippen LogP contribution in [-0.2, 0) is 19.1 Å². The fraction of sp³-hybridized carbons (Fsp3) is 0.526. The number of nitrogens with one attached hydrogen (secondary N) is 1. The van der Waals surface area contributed by atoms with Gasteiger partial charge < -0.3 is 15.0 Å². The Morgan fingerprint density at radius 2 is 1.96 bits per heavy atom. The Hall–Kier alpha value is -2.02. The van der Waals surface area contributed by atoms with Gasteiger partial charge in [0.2, 0.25) is 11.8 Å². The number of benzene rings is 1. The van der Waals surface area contributed by atoms with Gasteiger partial charge in [-0.3, -0.25) is 14.4 Å². The molecule has 0 unspecified atom stereocenters. The molecule has 0 fully saturated rings. The number of anilines is 1. The fourth-order valence-electron chi connectivity index (χ4n) is 2.33. The first-order valence-electron chi connectivity index (χ1n) is 8.60. The van der Waals surface area contributed by atoms with Crippen LogP contribution < -0.4 is 5.32 Å². The van der Waals surface area contributed by atoms with Crippen LogP contribution in [0.15, 0.2) is 24.3 Å². The van der Waals surface area contributed by atoms with Crippen LogP contribution in [0.4, 0.5) is 5.69 Å². The number of rotatable bonds is 10. The molecule has 0 saturated carbocycles. The van der Waals surface area contributed by atoms with Crippen molar-refractivity contribution in [1.82, 2.24) is 4.90 Å². The summed E-state index contributed by atoms with van der Waals surface area (Å²) in [5, 5.41) is 2.82. The summed E-state index contributed by atoms with van der Waals surface area (Å²) in [6, 6.07) is 7.57. The van der Waals surface area contributed by atoms with E-state index in [0.717, 1.165) is 11.3 Å². The van der Waals surface area contributed by atoms with Crippen LogP contribution in [0.1, 0.15) is 25.8 Å². The molecule has 6 nitrogen and oxygen atoms in total. The highest BCUT2D eigenvalue weighted by atomic mass is 32.2. The topological polar surface area (TPSA) is 75.7 Å². The molecule has 26 heavy (non-hydrogen) atoms. The molecule has 7 heteroatoms. The number of hydrogen-bond donors (Lipinski definition) is 1. The Morgan fingerprint density at radius 3 is 2.58 bits per heavy atom. The molecule has 0 aliphatic carbocycles. The zero-order valence-corrected chi connectivity index (χ0v) is 16.7. The number of amides is 2. The normalized spacial score (nSPS) is 10.5. The van der Waals surface area contributed by atoms with Crippen molar-refractivity contribution in [2.45, 2.75) is 27.2 Å². The molecule has 0 radical (unpaired) electrons. The van der Waals surface area contributed by atoms with Gasteiger partial charge in [-0.25, -0.2) is 0 Å². The van der Waals surface area contributed by atoms with E-state index in [9.17, 15) is 14.4 Å². The number of methoxy groups -OCH3 is 1. The van der Waals surface area contributed by atoms with Crippen molar-refractivity contribution in [3.05, 3.63) is 29.8 Å². The van der Waals surface area contributed by atoms with Crippen LogP contribution >= 0.6 is 11.8 Å². The average molecular weight is 381 g/mol.